The second-order valence-electron chi connectivity index (χ2n) is 5.72. The van der Waals surface area contributed by atoms with Crippen molar-refractivity contribution in [3.8, 4) is 11.3 Å². The number of anilines is 3. The summed E-state index contributed by atoms with van der Waals surface area (Å²) in [6, 6.07) is 9.33. The molecule has 6 nitrogen and oxygen atoms in total. The Labute approximate surface area is 157 Å². The zero-order chi connectivity index (χ0) is 19.0. The normalized spacial score (nSPS) is 10.9. The molecule has 3 N–H and O–H groups in total. The number of aromatic nitrogens is 2. The Bertz CT molecular complexity index is 1180. The molecular weight excluding hydrogens is 371 g/mol. The van der Waals surface area contributed by atoms with Crippen molar-refractivity contribution >= 4 is 46.1 Å². The summed E-state index contributed by atoms with van der Waals surface area (Å²) < 4.78 is 19.1. The largest absolute Gasteiger partial charge is 0.436 e. The van der Waals surface area contributed by atoms with Gasteiger partial charge in [0.15, 0.2) is 11.9 Å². The molecule has 27 heavy (non-hydrogen) atoms. The van der Waals surface area contributed by atoms with E-state index in [0.717, 1.165) is 0 Å². The quantitative estimate of drug-likeness (QED) is 0.491. The van der Waals surface area contributed by atoms with Crippen LogP contribution in [0.4, 0.5) is 21.6 Å². The number of nitrogens with zero attached hydrogens (tertiary/aromatic N) is 2. The van der Waals surface area contributed by atoms with Gasteiger partial charge in [-0.15, -0.1) is 0 Å². The minimum atomic E-state index is -0.512. The number of nitrogen functional groups attached to an aromatic ring is 1. The average Bonchev–Trinajstić information content (AvgIpc) is 3.00. The molecule has 3 heterocycles. The molecule has 0 aliphatic carbocycles. The van der Waals surface area contributed by atoms with Gasteiger partial charge in [-0.25, -0.2) is 4.39 Å². The standard InChI is InChI=1S/C19H12ClFN4O2/c20-14-8-11(1-2-15(14)21)25-17-13-4-6-24-16(18(13)27-19(17)22)10-3-5-23-12(7-10)9-26/h1-9,25H,22H2. The minimum absolute atomic E-state index is 0.00749. The van der Waals surface area contributed by atoms with Crippen LogP contribution in [0.25, 0.3) is 22.2 Å². The number of furan rings is 1. The van der Waals surface area contributed by atoms with Gasteiger partial charge in [0, 0.05) is 23.6 Å². The van der Waals surface area contributed by atoms with E-state index in [1.54, 1.807) is 30.5 Å². The number of carbonyl (C=O) groups is 1. The van der Waals surface area contributed by atoms with E-state index in [2.05, 4.69) is 15.3 Å². The number of nitrogens with two attached hydrogens (primary N) is 1. The number of hydrogen-bond donors (Lipinski definition) is 2. The maximum absolute atomic E-state index is 13.4. The Hall–Kier alpha value is -3.45. The molecule has 134 valence electrons. The molecular formula is C19H12ClFN4O2. The maximum Gasteiger partial charge on any atom is 0.215 e. The van der Waals surface area contributed by atoms with Gasteiger partial charge in [-0.1, -0.05) is 11.6 Å². The summed E-state index contributed by atoms with van der Waals surface area (Å²) in [6.07, 6.45) is 3.79. The van der Waals surface area contributed by atoms with Crippen LogP contribution in [0, 0.1) is 5.82 Å². The van der Waals surface area contributed by atoms with E-state index in [0.29, 0.717) is 39.9 Å². The van der Waals surface area contributed by atoms with Crippen LogP contribution in [-0.4, -0.2) is 16.3 Å². The lowest BCUT2D eigenvalue weighted by Crippen LogP contribution is -1.94. The third kappa shape index (κ3) is 3.09. The van der Waals surface area contributed by atoms with Crippen LogP contribution < -0.4 is 11.1 Å². The third-order valence-corrected chi connectivity index (χ3v) is 4.29. The third-order valence-electron chi connectivity index (χ3n) is 4.00. The van der Waals surface area contributed by atoms with Gasteiger partial charge in [0.05, 0.1) is 10.4 Å². The van der Waals surface area contributed by atoms with Crippen LogP contribution in [0.1, 0.15) is 10.5 Å². The fourth-order valence-electron chi connectivity index (χ4n) is 2.75. The highest BCUT2D eigenvalue weighted by molar-refractivity contribution is 6.31. The second kappa shape index (κ2) is 6.69. The molecule has 3 aromatic heterocycles. The fourth-order valence-corrected chi connectivity index (χ4v) is 2.94. The van der Waals surface area contributed by atoms with E-state index in [1.807, 2.05) is 0 Å². The molecule has 1 aromatic carbocycles. The van der Waals surface area contributed by atoms with Crippen LogP contribution in [0.3, 0.4) is 0 Å². The molecule has 0 aliphatic rings. The van der Waals surface area contributed by atoms with Crippen molar-refractivity contribution in [1.82, 2.24) is 9.97 Å². The molecule has 0 saturated carbocycles. The molecule has 4 aromatic rings. The highest BCUT2D eigenvalue weighted by atomic mass is 35.5. The van der Waals surface area contributed by atoms with Crippen molar-refractivity contribution in [3.05, 3.63) is 65.3 Å². The number of aldehydes is 1. The summed E-state index contributed by atoms with van der Waals surface area (Å²) in [5.74, 6) is -0.369. The first-order valence-corrected chi connectivity index (χ1v) is 8.25. The van der Waals surface area contributed by atoms with Crippen molar-refractivity contribution in [3.63, 3.8) is 0 Å². The van der Waals surface area contributed by atoms with E-state index in [-0.39, 0.29) is 16.6 Å². The van der Waals surface area contributed by atoms with Crippen molar-refractivity contribution in [2.24, 2.45) is 0 Å². The van der Waals surface area contributed by atoms with Crippen molar-refractivity contribution in [2.75, 3.05) is 11.1 Å². The first-order chi connectivity index (χ1) is 13.1. The van der Waals surface area contributed by atoms with E-state index in [4.69, 9.17) is 21.8 Å². The number of hydrogen-bond acceptors (Lipinski definition) is 6. The Morgan fingerprint density at radius 1 is 1.15 bits per heavy atom. The number of nitrogens with one attached hydrogen (secondary N) is 1. The first-order valence-electron chi connectivity index (χ1n) is 7.87. The van der Waals surface area contributed by atoms with E-state index < -0.39 is 5.82 Å². The molecule has 0 amide bonds. The number of fused-ring (bicyclic) bond motifs is 1. The molecule has 8 heteroatoms. The van der Waals surface area contributed by atoms with Crippen LogP contribution >= 0.6 is 11.6 Å². The smallest absolute Gasteiger partial charge is 0.215 e. The number of carbonyl (C=O) groups excluding carboxylic acids is 1. The van der Waals surface area contributed by atoms with Gasteiger partial charge in [0.1, 0.15) is 22.9 Å². The topological polar surface area (TPSA) is 94.0 Å². The Morgan fingerprint density at radius 2 is 1.96 bits per heavy atom. The molecule has 0 atom stereocenters. The zero-order valence-electron chi connectivity index (χ0n) is 13.7. The van der Waals surface area contributed by atoms with Crippen molar-refractivity contribution in [1.29, 1.82) is 0 Å². The molecule has 0 aliphatic heterocycles. The van der Waals surface area contributed by atoms with Crippen LogP contribution in [0.15, 0.2) is 53.2 Å². The van der Waals surface area contributed by atoms with Crippen LogP contribution in [-0.2, 0) is 0 Å². The lowest BCUT2D eigenvalue weighted by Gasteiger charge is -2.06. The van der Waals surface area contributed by atoms with Gasteiger partial charge >= 0.3 is 0 Å². The molecule has 0 unspecified atom stereocenters. The minimum Gasteiger partial charge on any atom is -0.436 e. The Morgan fingerprint density at radius 3 is 2.74 bits per heavy atom. The summed E-state index contributed by atoms with van der Waals surface area (Å²) in [7, 11) is 0. The summed E-state index contributed by atoms with van der Waals surface area (Å²) in [5.41, 5.74) is 9.04. The molecule has 0 saturated heterocycles. The van der Waals surface area contributed by atoms with Gasteiger partial charge < -0.3 is 15.5 Å². The lowest BCUT2D eigenvalue weighted by atomic mass is 10.1. The van der Waals surface area contributed by atoms with Gasteiger partial charge in [-0.3, -0.25) is 14.8 Å². The number of benzene rings is 1. The number of pyridine rings is 2. The Kier molecular flexibility index (Phi) is 4.21. The Balaban J connectivity index is 1.83. The maximum atomic E-state index is 13.4. The molecule has 0 fully saturated rings. The molecule has 4 rings (SSSR count). The number of rotatable bonds is 4. The van der Waals surface area contributed by atoms with Gasteiger partial charge in [-0.2, -0.15) is 0 Å². The van der Waals surface area contributed by atoms with Crippen molar-refractivity contribution in [2.45, 2.75) is 0 Å². The van der Waals surface area contributed by atoms with Crippen molar-refractivity contribution < 1.29 is 13.6 Å². The van der Waals surface area contributed by atoms with Gasteiger partial charge in [0.2, 0.25) is 5.88 Å². The zero-order valence-corrected chi connectivity index (χ0v) is 14.5. The summed E-state index contributed by atoms with van der Waals surface area (Å²) in [6.45, 7) is 0. The summed E-state index contributed by atoms with van der Waals surface area (Å²) in [5, 5.41) is 3.77. The second-order valence-corrected chi connectivity index (χ2v) is 6.13. The monoisotopic (exact) mass is 382 g/mol. The molecule has 0 bridgehead atoms. The highest BCUT2D eigenvalue weighted by Crippen LogP contribution is 2.39. The van der Waals surface area contributed by atoms with E-state index in [1.165, 1.54) is 18.3 Å². The lowest BCUT2D eigenvalue weighted by molar-refractivity contribution is 0.111. The van der Waals surface area contributed by atoms with Crippen LogP contribution in [0.2, 0.25) is 5.02 Å². The molecule has 0 radical (unpaired) electrons. The molecule has 0 spiro atoms. The van der Waals surface area contributed by atoms with Gasteiger partial charge in [0.25, 0.3) is 0 Å². The first kappa shape index (κ1) is 17.0. The highest BCUT2D eigenvalue weighted by Gasteiger charge is 2.17. The predicted molar refractivity (Wildman–Crippen MR) is 102 cm³/mol. The van der Waals surface area contributed by atoms with E-state index >= 15 is 0 Å². The SMILES string of the molecule is Nc1oc2c(-c3ccnc(C=O)c3)nccc2c1Nc1ccc(F)c(Cl)c1. The summed E-state index contributed by atoms with van der Waals surface area (Å²) in [4.78, 5) is 19.3. The van der Waals surface area contributed by atoms with Crippen LogP contribution in [0.5, 0.6) is 0 Å². The fraction of sp³-hybridized carbons (Fsp3) is 0. The van der Waals surface area contributed by atoms with Gasteiger partial charge in [-0.05, 0) is 36.4 Å². The average molecular weight is 383 g/mol. The van der Waals surface area contributed by atoms with E-state index in [9.17, 15) is 9.18 Å². The number of halogens is 2. The predicted octanol–water partition coefficient (Wildman–Crippen LogP) is 4.82. The summed E-state index contributed by atoms with van der Waals surface area (Å²) >= 11 is 5.83.